The van der Waals surface area contributed by atoms with E-state index in [9.17, 15) is 4.79 Å². The summed E-state index contributed by atoms with van der Waals surface area (Å²) in [6, 6.07) is 0. The fourth-order valence-corrected chi connectivity index (χ4v) is 2.74. The van der Waals surface area contributed by atoms with E-state index >= 15 is 0 Å². The van der Waals surface area contributed by atoms with Gasteiger partial charge in [-0.1, -0.05) is 0 Å². The third-order valence-corrected chi connectivity index (χ3v) is 3.69. The largest absolute Gasteiger partial charge is 0.469 e. The van der Waals surface area contributed by atoms with Crippen molar-refractivity contribution in [3.8, 4) is 0 Å². The fourth-order valence-electron chi connectivity index (χ4n) is 2.74. The van der Waals surface area contributed by atoms with Gasteiger partial charge in [0.25, 0.3) is 0 Å². The summed E-state index contributed by atoms with van der Waals surface area (Å²) in [4.78, 5) is 16.3. The molecular formula is C14H28N2O2. The van der Waals surface area contributed by atoms with Crippen molar-refractivity contribution in [2.24, 2.45) is 11.3 Å². The first kappa shape index (κ1) is 15.4. The Balaban J connectivity index is 2.37. The van der Waals surface area contributed by atoms with Gasteiger partial charge >= 0.3 is 5.97 Å². The Labute approximate surface area is 111 Å². The summed E-state index contributed by atoms with van der Waals surface area (Å²) >= 11 is 0. The Morgan fingerprint density at radius 3 is 2.33 bits per heavy atom. The Hall–Kier alpha value is -0.610. The van der Waals surface area contributed by atoms with E-state index in [-0.39, 0.29) is 5.97 Å². The topological polar surface area (TPSA) is 32.8 Å². The summed E-state index contributed by atoms with van der Waals surface area (Å²) in [5.41, 5.74) is -0.400. The molecule has 0 aromatic heterocycles. The van der Waals surface area contributed by atoms with Crippen molar-refractivity contribution < 1.29 is 9.53 Å². The summed E-state index contributed by atoms with van der Waals surface area (Å²) in [6.45, 7) is 8.09. The molecule has 106 valence electrons. The highest BCUT2D eigenvalue weighted by molar-refractivity contribution is 5.76. The minimum Gasteiger partial charge on any atom is -0.469 e. The molecule has 0 saturated carbocycles. The zero-order chi connectivity index (χ0) is 13.8. The average Bonchev–Trinajstić information content (AvgIpc) is 2.29. The van der Waals surface area contributed by atoms with Crippen LogP contribution in [0.5, 0.6) is 0 Å². The molecule has 1 aliphatic rings. The van der Waals surface area contributed by atoms with Gasteiger partial charge in [-0.25, -0.2) is 0 Å². The van der Waals surface area contributed by atoms with Gasteiger partial charge in [0, 0.05) is 13.1 Å². The number of ether oxygens (including phenoxy) is 1. The maximum absolute atomic E-state index is 11.7. The number of nitrogens with zero attached hydrogens (tertiary/aromatic N) is 2. The average molecular weight is 256 g/mol. The Morgan fingerprint density at radius 2 is 1.89 bits per heavy atom. The van der Waals surface area contributed by atoms with Crippen LogP contribution in [0.2, 0.25) is 0 Å². The lowest BCUT2D eigenvalue weighted by molar-refractivity contribution is -0.152. The van der Waals surface area contributed by atoms with Crippen LogP contribution >= 0.6 is 0 Å². The van der Waals surface area contributed by atoms with Crippen LogP contribution in [0.3, 0.4) is 0 Å². The Morgan fingerprint density at radius 1 is 1.33 bits per heavy atom. The lowest BCUT2D eigenvalue weighted by Gasteiger charge is -2.36. The molecule has 0 spiro atoms. The van der Waals surface area contributed by atoms with Crippen molar-refractivity contribution in [1.82, 2.24) is 9.80 Å². The molecule has 0 amide bonds. The molecule has 1 rings (SSSR count). The van der Waals surface area contributed by atoms with Crippen LogP contribution in [0.1, 0.15) is 26.7 Å². The van der Waals surface area contributed by atoms with E-state index in [0.717, 1.165) is 25.6 Å². The van der Waals surface area contributed by atoms with Crippen LogP contribution in [-0.2, 0) is 9.53 Å². The second kappa shape index (κ2) is 6.53. The molecule has 0 aromatic carbocycles. The zero-order valence-electron chi connectivity index (χ0n) is 12.5. The summed E-state index contributed by atoms with van der Waals surface area (Å²) < 4.78 is 4.86. The highest BCUT2D eigenvalue weighted by Crippen LogP contribution is 2.24. The van der Waals surface area contributed by atoms with Gasteiger partial charge in [-0.3, -0.25) is 4.79 Å². The number of rotatable bonds is 5. The zero-order valence-corrected chi connectivity index (χ0v) is 12.5. The smallest absolute Gasteiger partial charge is 0.312 e. The molecule has 0 aliphatic carbocycles. The molecule has 1 saturated heterocycles. The number of hydrogen-bond donors (Lipinski definition) is 0. The van der Waals surface area contributed by atoms with Crippen LogP contribution in [0.4, 0.5) is 0 Å². The van der Waals surface area contributed by atoms with Crippen molar-refractivity contribution in [1.29, 1.82) is 0 Å². The molecule has 4 heteroatoms. The second-order valence-corrected chi connectivity index (χ2v) is 6.36. The van der Waals surface area contributed by atoms with Crippen LogP contribution in [-0.4, -0.2) is 63.2 Å². The standard InChI is InChI=1S/C14H28N2O2/c1-14(2,13(17)18-5)11-16-8-6-12(7-9-16)10-15(3)4/h12H,6-11H2,1-5H3. The molecule has 1 heterocycles. The van der Waals surface area contributed by atoms with E-state index in [1.807, 2.05) is 13.8 Å². The molecule has 0 bridgehead atoms. The van der Waals surface area contributed by atoms with Gasteiger partial charge in [-0.15, -0.1) is 0 Å². The first-order valence-electron chi connectivity index (χ1n) is 6.80. The van der Waals surface area contributed by atoms with Crippen molar-refractivity contribution in [3.63, 3.8) is 0 Å². The molecule has 0 atom stereocenters. The number of esters is 1. The van der Waals surface area contributed by atoms with E-state index in [2.05, 4.69) is 23.9 Å². The van der Waals surface area contributed by atoms with Gasteiger partial charge in [0.2, 0.25) is 0 Å². The molecule has 1 fully saturated rings. The molecular weight excluding hydrogens is 228 g/mol. The molecule has 4 nitrogen and oxygen atoms in total. The van der Waals surface area contributed by atoms with Crippen LogP contribution in [0, 0.1) is 11.3 Å². The lowest BCUT2D eigenvalue weighted by atomic mass is 9.90. The first-order chi connectivity index (χ1) is 8.35. The van der Waals surface area contributed by atoms with Crippen LogP contribution in [0.15, 0.2) is 0 Å². The number of carbonyl (C=O) groups excluding carboxylic acids is 1. The van der Waals surface area contributed by atoms with Gasteiger partial charge in [-0.2, -0.15) is 0 Å². The Bertz CT molecular complexity index is 269. The summed E-state index contributed by atoms with van der Waals surface area (Å²) in [5.74, 6) is 0.690. The minimum atomic E-state index is -0.400. The van der Waals surface area contributed by atoms with Gasteiger partial charge in [0.15, 0.2) is 0 Å². The van der Waals surface area contributed by atoms with Crippen LogP contribution in [0.25, 0.3) is 0 Å². The fraction of sp³-hybridized carbons (Fsp3) is 0.929. The summed E-state index contributed by atoms with van der Waals surface area (Å²) in [5, 5.41) is 0. The van der Waals surface area contributed by atoms with Crippen molar-refractivity contribution in [2.45, 2.75) is 26.7 Å². The molecule has 0 N–H and O–H groups in total. The van der Waals surface area contributed by atoms with Crippen LogP contribution < -0.4 is 0 Å². The normalized spacial score (nSPS) is 19.2. The van der Waals surface area contributed by atoms with E-state index in [0.29, 0.717) is 0 Å². The van der Waals surface area contributed by atoms with Crippen molar-refractivity contribution in [2.75, 3.05) is 47.4 Å². The number of piperidine rings is 1. The maximum Gasteiger partial charge on any atom is 0.312 e. The third-order valence-electron chi connectivity index (χ3n) is 3.69. The predicted octanol–water partition coefficient (Wildman–Crippen LogP) is 1.46. The predicted molar refractivity (Wildman–Crippen MR) is 73.5 cm³/mol. The highest BCUT2D eigenvalue weighted by Gasteiger charge is 2.32. The molecule has 0 radical (unpaired) electrons. The number of methoxy groups -OCH3 is 1. The van der Waals surface area contributed by atoms with E-state index in [1.54, 1.807) is 0 Å². The second-order valence-electron chi connectivity index (χ2n) is 6.36. The van der Waals surface area contributed by atoms with E-state index < -0.39 is 5.41 Å². The summed E-state index contributed by atoms with van der Waals surface area (Å²) in [7, 11) is 5.73. The van der Waals surface area contributed by atoms with Crippen molar-refractivity contribution in [3.05, 3.63) is 0 Å². The first-order valence-corrected chi connectivity index (χ1v) is 6.80. The molecule has 0 unspecified atom stereocenters. The maximum atomic E-state index is 11.7. The summed E-state index contributed by atoms with van der Waals surface area (Å²) in [6.07, 6.45) is 2.46. The SMILES string of the molecule is COC(=O)C(C)(C)CN1CCC(CN(C)C)CC1. The lowest BCUT2D eigenvalue weighted by Crippen LogP contribution is -2.44. The minimum absolute atomic E-state index is 0.113. The van der Waals surface area contributed by atoms with Gasteiger partial charge in [0.05, 0.1) is 12.5 Å². The highest BCUT2D eigenvalue weighted by atomic mass is 16.5. The van der Waals surface area contributed by atoms with Gasteiger partial charge in [-0.05, 0) is 59.8 Å². The van der Waals surface area contributed by atoms with Crippen molar-refractivity contribution >= 4 is 5.97 Å². The molecule has 18 heavy (non-hydrogen) atoms. The number of hydrogen-bond acceptors (Lipinski definition) is 4. The third kappa shape index (κ3) is 4.58. The van der Waals surface area contributed by atoms with E-state index in [1.165, 1.54) is 26.5 Å². The molecule has 0 aromatic rings. The monoisotopic (exact) mass is 256 g/mol. The number of carbonyl (C=O) groups is 1. The number of likely N-dealkylation sites (tertiary alicyclic amines) is 1. The van der Waals surface area contributed by atoms with E-state index in [4.69, 9.17) is 4.74 Å². The molecule has 1 aliphatic heterocycles. The Kier molecular flexibility index (Phi) is 5.60. The van der Waals surface area contributed by atoms with Gasteiger partial charge in [0.1, 0.15) is 0 Å². The quantitative estimate of drug-likeness (QED) is 0.697. The van der Waals surface area contributed by atoms with Gasteiger partial charge < -0.3 is 14.5 Å².